The Morgan fingerprint density at radius 3 is 1.21 bits per heavy atom. The van der Waals surface area contributed by atoms with E-state index in [1.54, 1.807) is 38.5 Å². The molecule has 0 aromatic heterocycles. The van der Waals surface area contributed by atoms with Gasteiger partial charge in [-0.1, -0.05) is 12.8 Å². The number of nitrogens with one attached hydrogen (secondary N) is 2. The van der Waals surface area contributed by atoms with E-state index in [1.165, 1.54) is 64.7 Å². The van der Waals surface area contributed by atoms with Crippen LogP contribution in [-0.2, 0) is 0 Å². The Balaban J connectivity index is 0.00000112. The third kappa shape index (κ3) is 5.40. The van der Waals surface area contributed by atoms with Gasteiger partial charge in [0.1, 0.15) is 0 Å². The van der Waals surface area contributed by atoms with Crippen molar-refractivity contribution in [2.75, 3.05) is 26.2 Å². The second-order valence-corrected chi connectivity index (χ2v) is 11.1. The number of fused-ring (bicyclic) bond motifs is 4. The monoisotopic (exact) mass is 430 g/mol. The zero-order chi connectivity index (χ0) is 17.3. The van der Waals surface area contributed by atoms with Crippen LogP contribution in [0.5, 0.6) is 0 Å². The van der Waals surface area contributed by atoms with Gasteiger partial charge in [-0.15, -0.1) is 24.8 Å². The molecule has 5 aliphatic carbocycles. The Morgan fingerprint density at radius 2 is 0.893 bits per heavy atom. The zero-order valence-corrected chi connectivity index (χ0v) is 19.4. The van der Waals surface area contributed by atoms with Crippen LogP contribution in [0, 0.1) is 47.3 Å². The van der Waals surface area contributed by atoms with E-state index in [9.17, 15) is 0 Å². The molecule has 5 saturated carbocycles. The molecule has 0 aromatic carbocycles. The first-order valence-corrected chi connectivity index (χ1v) is 12.2. The fourth-order valence-corrected chi connectivity index (χ4v) is 7.84. The summed E-state index contributed by atoms with van der Waals surface area (Å²) in [5.74, 6) is 8.38. The lowest BCUT2D eigenvalue weighted by molar-refractivity contribution is 0.242. The minimum Gasteiger partial charge on any atom is -0.316 e. The summed E-state index contributed by atoms with van der Waals surface area (Å²) >= 11 is 0. The molecule has 5 aliphatic rings. The topological polar surface area (TPSA) is 24.1 Å². The van der Waals surface area contributed by atoms with E-state index >= 15 is 0 Å². The van der Waals surface area contributed by atoms with E-state index in [2.05, 4.69) is 10.6 Å². The Bertz CT molecular complexity index is 424. The highest BCUT2D eigenvalue weighted by Crippen LogP contribution is 2.48. The lowest BCUT2D eigenvalue weighted by Gasteiger charge is -2.30. The highest BCUT2D eigenvalue weighted by Gasteiger charge is 2.40. The summed E-state index contributed by atoms with van der Waals surface area (Å²) in [6.07, 6.45) is 18.3. The normalized spacial score (nSPS) is 43.7. The van der Waals surface area contributed by atoms with E-state index in [-0.39, 0.29) is 24.8 Å². The van der Waals surface area contributed by atoms with Gasteiger partial charge in [-0.3, -0.25) is 0 Å². The smallest absolute Gasteiger partial charge is 0.00176 e. The largest absolute Gasteiger partial charge is 0.316 e. The molecule has 164 valence electrons. The summed E-state index contributed by atoms with van der Waals surface area (Å²) in [5.41, 5.74) is 0. The van der Waals surface area contributed by atoms with Crippen molar-refractivity contribution < 1.29 is 0 Å². The summed E-state index contributed by atoms with van der Waals surface area (Å²) in [6.45, 7) is 5.26. The van der Waals surface area contributed by atoms with Gasteiger partial charge in [0.25, 0.3) is 0 Å². The quantitative estimate of drug-likeness (QED) is 0.516. The molecule has 5 rings (SSSR count). The molecule has 6 atom stereocenters. The molecule has 2 nitrogen and oxygen atoms in total. The number of halogens is 2. The van der Waals surface area contributed by atoms with Crippen molar-refractivity contribution in [1.82, 2.24) is 10.6 Å². The van der Waals surface area contributed by atoms with E-state index in [4.69, 9.17) is 0 Å². The summed E-state index contributed by atoms with van der Waals surface area (Å²) in [7, 11) is 0. The van der Waals surface area contributed by atoms with E-state index in [0.29, 0.717) is 0 Å². The van der Waals surface area contributed by atoms with Crippen molar-refractivity contribution in [3.05, 3.63) is 0 Å². The number of rotatable bonds is 8. The van der Waals surface area contributed by atoms with Gasteiger partial charge in [0, 0.05) is 0 Å². The zero-order valence-electron chi connectivity index (χ0n) is 17.7. The highest BCUT2D eigenvalue weighted by atomic mass is 35.5. The third-order valence-corrected chi connectivity index (χ3v) is 9.41. The molecule has 6 unspecified atom stereocenters. The summed E-state index contributed by atoms with van der Waals surface area (Å²) < 4.78 is 0. The molecule has 2 N–H and O–H groups in total. The van der Waals surface area contributed by atoms with Gasteiger partial charge in [0.2, 0.25) is 0 Å². The van der Waals surface area contributed by atoms with Crippen LogP contribution >= 0.6 is 24.8 Å². The van der Waals surface area contributed by atoms with E-state index in [0.717, 1.165) is 47.3 Å². The van der Waals surface area contributed by atoms with Gasteiger partial charge in [0.15, 0.2) is 0 Å². The van der Waals surface area contributed by atoms with Gasteiger partial charge in [-0.25, -0.2) is 0 Å². The second-order valence-electron chi connectivity index (χ2n) is 11.1. The molecule has 0 aromatic rings. The molecule has 0 amide bonds. The average Bonchev–Trinajstić information content (AvgIpc) is 3.45. The van der Waals surface area contributed by atoms with Crippen molar-refractivity contribution in [3.63, 3.8) is 0 Å². The fourth-order valence-electron chi connectivity index (χ4n) is 7.84. The van der Waals surface area contributed by atoms with Crippen LogP contribution < -0.4 is 10.6 Å². The van der Waals surface area contributed by atoms with Gasteiger partial charge >= 0.3 is 0 Å². The summed E-state index contributed by atoms with van der Waals surface area (Å²) in [5, 5.41) is 7.75. The Morgan fingerprint density at radius 1 is 0.464 bits per heavy atom. The standard InChI is InChI=1S/C24H42N2.2ClH/c1-2-18(14-26-16-24-12-20-6-8-22(24)10-20)4-3-17(1)13-25-15-23-11-19-5-7-21(23)9-19;;/h17-26H,1-16H2;2*1H. The van der Waals surface area contributed by atoms with Crippen LogP contribution in [0.2, 0.25) is 0 Å². The highest BCUT2D eigenvalue weighted by molar-refractivity contribution is 5.85. The molecule has 0 saturated heterocycles. The fraction of sp³-hybridized carbons (Fsp3) is 1.00. The van der Waals surface area contributed by atoms with E-state index in [1.807, 2.05) is 0 Å². The predicted octanol–water partition coefficient (Wildman–Crippen LogP) is 5.69. The Labute approximate surface area is 186 Å². The maximum absolute atomic E-state index is 3.88. The molecule has 0 heterocycles. The van der Waals surface area contributed by atoms with Crippen molar-refractivity contribution in [3.8, 4) is 0 Å². The molecule has 5 fully saturated rings. The van der Waals surface area contributed by atoms with Gasteiger partial charge in [0.05, 0.1) is 0 Å². The lowest BCUT2D eigenvalue weighted by atomic mass is 9.81. The number of hydrogen-bond donors (Lipinski definition) is 2. The van der Waals surface area contributed by atoms with Crippen LogP contribution in [0.3, 0.4) is 0 Å². The first-order valence-electron chi connectivity index (χ1n) is 12.2. The van der Waals surface area contributed by atoms with Crippen LogP contribution in [0.4, 0.5) is 0 Å². The molecule has 4 heteroatoms. The van der Waals surface area contributed by atoms with Crippen LogP contribution in [0.15, 0.2) is 0 Å². The Hall–Kier alpha value is 0.500. The van der Waals surface area contributed by atoms with E-state index < -0.39 is 0 Å². The van der Waals surface area contributed by atoms with Crippen molar-refractivity contribution >= 4 is 24.8 Å². The molecular weight excluding hydrogens is 387 g/mol. The second kappa shape index (κ2) is 10.7. The van der Waals surface area contributed by atoms with Crippen molar-refractivity contribution in [2.45, 2.75) is 77.0 Å². The molecule has 28 heavy (non-hydrogen) atoms. The molecular formula is C24H44Cl2N2. The van der Waals surface area contributed by atoms with Crippen molar-refractivity contribution in [2.24, 2.45) is 47.3 Å². The van der Waals surface area contributed by atoms with Crippen molar-refractivity contribution in [1.29, 1.82) is 0 Å². The number of hydrogen-bond acceptors (Lipinski definition) is 2. The average molecular weight is 432 g/mol. The molecule has 0 aliphatic heterocycles. The summed E-state index contributed by atoms with van der Waals surface area (Å²) in [4.78, 5) is 0. The minimum atomic E-state index is 0. The molecule has 4 bridgehead atoms. The minimum absolute atomic E-state index is 0. The SMILES string of the molecule is C1CC(CNCC2CC3CCC2C3)CCC1CNCC1CC2CCC1C2.Cl.Cl. The van der Waals surface area contributed by atoms with Gasteiger partial charge < -0.3 is 10.6 Å². The maximum atomic E-state index is 3.88. The first-order chi connectivity index (χ1) is 12.8. The van der Waals surface area contributed by atoms with Crippen LogP contribution in [-0.4, -0.2) is 26.2 Å². The maximum Gasteiger partial charge on any atom is -0.00176 e. The lowest BCUT2D eigenvalue weighted by Crippen LogP contribution is -2.35. The Kier molecular flexibility index (Phi) is 8.85. The summed E-state index contributed by atoms with van der Waals surface area (Å²) in [6, 6.07) is 0. The van der Waals surface area contributed by atoms with Gasteiger partial charge in [-0.2, -0.15) is 0 Å². The third-order valence-electron chi connectivity index (χ3n) is 9.41. The predicted molar refractivity (Wildman–Crippen MR) is 124 cm³/mol. The molecule has 0 spiro atoms. The first kappa shape index (κ1) is 23.2. The van der Waals surface area contributed by atoms with Crippen LogP contribution in [0.1, 0.15) is 77.0 Å². The van der Waals surface area contributed by atoms with Gasteiger partial charge in [-0.05, 0) is 138 Å². The van der Waals surface area contributed by atoms with Crippen LogP contribution in [0.25, 0.3) is 0 Å². The molecule has 0 radical (unpaired) electrons.